The Morgan fingerprint density at radius 3 is 2.42 bits per heavy atom. The molecule has 0 atom stereocenters. The molecule has 1 aliphatic heterocycles. The van der Waals surface area contributed by atoms with Crippen LogP contribution in [0.15, 0.2) is 18.2 Å². The predicted molar refractivity (Wildman–Crippen MR) is 91.3 cm³/mol. The molecule has 0 unspecified atom stereocenters. The summed E-state index contributed by atoms with van der Waals surface area (Å²) in [4.78, 5) is 37.5. The van der Waals surface area contributed by atoms with Crippen molar-refractivity contribution in [1.29, 1.82) is 0 Å². The standard InChI is InChI=1S/C18H23F2N3O3/c1-11(2)18(26)23-7-5-13(6-8-23)22-16(24)10-21-17(25)14-4-3-12(19)9-15(14)20/h3-4,9,11,13H,5-8,10H2,1-2H3,(H,21,25)(H,22,24). The summed E-state index contributed by atoms with van der Waals surface area (Å²) in [5.74, 6) is -2.89. The lowest BCUT2D eigenvalue weighted by atomic mass is 10.0. The molecular weight excluding hydrogens is 344 g/mol. The molecule has 0 aliphatic carbocycles. The van der Waals surface area contributed by atoms with Crippen LogP contribution in [0.4, 0.5) is 8.78 Å². The number of halogens is 2. The van der Waals surface area contributed by atoms with Gasteiger partial charge in [-0.15, -0.1) is 0 Å². The predicted octanol–water partition coefficient (Wildman–Crippen LogP) is 1.46. The van der Waals surface area contributed by atoms with E-state index in [1.165, 1.54) is 0 Å². The number of nitrogens with one attached hydrogen (secondary N) is 2. The molecule has 1 aromatic carbocycles. The summed E-state index contributed by atoms with van der Waals surface area (Å²) in [7, 11) is 0. The van der Waals surface area contributed by atoms with E-state index in [1.54, 1.807) is 4.90 Å². The van der Waals surface area contributed by atoms with Crippen LogP contribution in [0.5, 0.6) is 0 Å². The van der Waals surface area contributed by atoms with Crippen molar-refractivity contribution in [3.63, 3.8) is 0 Å². The fourth-order valence-electron chi connectivity index (χ4n) is 2.82. The van der Waals surface area contributed by atoms with Gasteiger partial charge in [0.05, 0.1) is 12.1 Å². The molecule has 2 rings (SSSR count). The van der Waals surface area contributed by atoms with E-state index < -0.39 is 23.4 Å². The number of piperidine rings is 1. The van der Waals surface area contributed by atoms with Gasteiger partial charge in [-0.2, -0.15) is 0 Å². The monoisotopic (exact) mass is 367 g/mol. The summed E-state index contributed by atoms with van der Waals surface area (Å²) in [5.41, 5.74) is -0.320. The van der Waals surface area contributed by atoms with Crippen LogP contribution in [0.3, 0.4) is 0 Å². The van der Waals surface area contributed by atoms with Gasteiger partial charge in [-0.05, 0) is 25.0 Å². The molecule has 6 nitrogen and oxygen atoms in total. The average Bonchev–Trinajstić information content (AvgIpc) is 2.59. The van der Waals surface area contributed by atoms with Gasteiger partial charge >= 0.3 is 0 Å². The molecule has 26 heavy (non-hydrogen) atoms. The van der Waals surface area contributed by atoms with E-state index in [-0.39, 0.29) is 30.0 Å². The fourth-order valence-corrected chi connectivity index (χ4v) is 2.82. The highest BCUT2D eigenvalue weighted by Crippen LogP contribution is 2.13. The Balaban J connectivity index is 1.76. The van der Waals surface area contributed by atoms with E-state index >= 15 is 0 Å². The Bertz CT molecular complexity index is 686. The number of hydrogen-bond donors (Lipinski definition) is 2. The normalized spacial score (nSPS) is 15.0. The molecule has 1 saturated heterocycles. The summed E-state index contributed by atoms with van der Waals surface area (Å²) in [5, 5.41) is 5.11. The largest absolute Gasteiger partial charge is 0.352 e. The molecule has 8 heteroatoms. The van der Waals surface area contributed by atoms with Crippen molar-refractivity contribution in [3.05, 3.63) is 35.4 Å². The highest BCUT2D eigenvalue weighted by Gasteiger charge is 2.25. The van der Waals surface area contributed by atoms with Crippen LogP contribution in [0.1, 0.15) is 37.0 Å². The summed E-state index contributed by atoms with van der Waals surface area (Å²) < 4.78 is 26.4. The van der Waals surface area contributed by atoms with E-state index in [4.69, 9.17) is 0 Å². The number of hydrogen-bond acceptors (Lipinski definition) is 3. The van der Waals surface area contributed by atoms with Crippen molar-refractivity contribution in [1.82, 2.24) is 15.5 Å². The smallest absolute Gasteiger partial charge is 0.254 e. The van der Waals surface area contributed by atoms with Crippen LogP contribution in [-0.4, -0.2) is 48.3 Å². The van der Waals surface area contributed by atoms with Crippen LogP contribution < -0.4 is 10.6 Å². The van der Waals surface area contributed by atoms with E-state index in [2.05, 4.69) is 10.6 Å². The Morgan fingerprint density at radius 2 is 1.85 bits per heavy atom. The van der Waals surface area contributed by atoms with E-state index in [0.29, 0.717) is 32.0 Å². The molecule has 0 radical (unpaired) electrons. The zero-order chi connectivity index (χ0) is 19.3. The van der Waals surface area contributed by atoms with Crippen molar-refractivity contribution in [2.45, 2.75) is 32.7 Å². The van der Waals surface area contributed by atoms with E-state index in [0.717, 1.165) is 12.1 Å². The molecule has 2 N–H and O–H groups in total. The third-order valence-electron chi connectivity index (χ3n) is 4.25. The Kier molecular flexibility index (Phi) is 6.65. The molecule has 0 bridgehead atoms. The molecule has 0 saturated carbocycles. The highest BCUT2D eigenvalue weighted by atomic mass is 19.1. The third kappa shape index (κ3) is 5.24. The van der Waals surface area contributed by atoms with Gasteiger partial charge < -0.3 is 15.5 Å². The first-order valence-corrected chi connectivity index (χ1v) is 8.59. The van der Waals surface area contributed by atoms with Crippen molar-refractivity contribution < 1.29 is 23.2 Å². The van der Waals surface area contributed by atoms with Crippen molar-refractivity contribution >= 4 is 17.7 Å². The van der Waals surface area contributed by atoms with Crippen LogP contribution >= 0.6 is 0 Å². The molecule has 1 heterocycles. The Labute approximate surface area is 150 Å². The molecule has 1 aliphatic rings. The maximum absolute atomic E-state index is 13.5. The van der Waals surface area contributed by atoms with Crippen LogP contribution in [0.25, 0.3) is 0 Å². The summed E-state index contributed by atoms with van der Waals surface area (Å²) in [6.07, 6.45) is 1.29. The second kappa shape index (κ2) is 8.73. The minimum Gasteiger partial charge on any atom is -0.352 e. The zero-order valence-corrected chi connectivity index (χ0v) is 14.9. The van der Waals surface area contributed by atoms with Crippen molar-refractivity contribution in [3.8, 4) is 0 Å². The van der Waals surface area contributed by atoms with Crippen LogP contribution in [0, 0.1) is 17.6 Å². The average molecular weight is 367 g/mol. The number of likely N-dealkylation sites (tertiary alicyclic amines) is 1. The second-order valence-corrected chi connectivity index (χ2v) is 6.63. The van der Waals surface area contributed by atoms with Gasteiger partial charge in [0.2, 0.25) is 11.8 Å². The second-order valence-electron chi connectivity index (χ2n) is 6.63. The maximum atomic E-state index is 13.5. The lowest BCUT2D eigenvalue weighted by Crippen LogP contribution is -2.49. The summed E-state index contributed by atoms with van der Waals surface area (Å²) in [6, 6.07) is 2.54. The van der Waals surface area contributed by atoms with Crippen LogP contribution in [-0.2, 0) is 9.59 Å². The molecular formula is C18H23F2N3O3. The molecule has 1 aromatic rings. The quantitative estimate of drug-likeness (QED) is 0.827. The van der Waals surface area contributed by atoms with Gasteiger partial charge in [-0.3, -0.25) is 14.4 Å². The molecule has 0 aromatic heterocycles. The molecule has 1 fully saturated rings. The van der Waals surface area contributed by atoms with E-state index in [9.17, 15) is 23.2 Å². The summed E-state index contributed by atoms with van der Waals surface area (Å²) >= 11 is 0. The number of rotatable bonds is 5. The maximum Gasteiger partial charge on any atom is 0.254 e. The van der Waals surface area contributed by atoms with E-state index in [1.807, 2.05) is 13.8 Å². The van der Waals surface area contributed by atoms with Gasteiger partial charge in [-0.25, -0.2) is 8.78 Å². The van der Waals surface area contributed by atoms with Crippen molar-refractivity contribution in [2.75, 3.05) is 19.6 Å². The highest BCUT2D eigenvalue weighted by molar-refractivity contribution is 5.96. The zero-order valence-electron chi connectivity index (χ0n) is 14.9. The van der Waals surface area contributed by atoms with Gasteiger partial charge in [0, 0.05) is 31.1 Å². The van der Waals surface area contributed by atoms with Crippen LogP contribution in [0.2, 0.25) is 0 Å². The Morgan fingerprint density at radius 1 is 1.19 bits per heavy atom. The Hall–Kier alpha value is -2.51. The molecule has 3 amide bonds. The lowest BCUT2D eigenvalue weighted by molar-refractivity contribution is -0.135. The first-order chi connectivity index (χ1) is 12.3. The number of benzene rings is 1. The van der Waals surface area contributed by atoms with Gasteiger partial charge in [0.1, 0.15) is 11.6 Å². The fraction of sp³-hybridized carbons (Fsp3) is 0.500. The van der Waals surface area contributed by atoms with Gasteiger partial charge in [0.15, 0.2) is 0 Å². The molecule has 0 spiro atoms. The minimum absolute atomic E-state index is 0.0526. The number of nitrogens with zero attached hydrogens (tertiary/aromatic N) is 1. The lowest BCUT2D eigenvalue weighted by Gasteiger charge is -2.33. The minimum atomic E-state index is -0.981. The SMILES string of the molecule is CC(C)C(=O)N1CCC(NC(=O)CNC(=O)c2ccc(F)cc2F)CC1. The first-order valence-electron chi connectivity index (χ1n) is 8.59. The topological polar surface area (TPSA) is 78.5 Å². The first kappa shape index (κ1) is 19.8. The third-order valence-corrected chi connectivity index (χ3v) is 4.25. The summed E-state index contributed by atoms with van der Waals surface area (Å²) in [6.45, 7) is 4.55. The molecule has 142 valence electrons. The van der Waals surface area contributed by atoms with Crippen molar-refractivity contribution in [2.24, 2.45) is 5.92 Å². The number of amides is 3. The van der Waals surface area contributed by atoms with Gasteiger partial charge in [0.25, 0.3) is 5.91 Å². The van der Waals surface area contributed by atoms with Gasteiger partial charge in [-0.1, -0.05) is 13.8 Å². The number of carbonyl (C=O) groups excluding carboxylic acids is 3. The number of carbonyl (C=O) groups is 3.